The van der Waals surface area contributed by atoms with Crippen molar-refractivity contribution in [2.24, 2.45) is 0 Å². The first-order valence-corrected chi connectivity index (χ1v) is 6.16. The molecule has 1 rings (SSSR count). The fourth-order valence-corrected chi connectivity index (χ4v) is 1.54. The Morgan fingerprint density at radius 3 is 2.26 bits per heavy atom. The summed E-state index contributed by atoms with van der Waals surface area (Å²) in [7, 11) is 0. The van der Waals surface area contributed by atoms with E-state index in [1.165, 1.54) is 12.4 Å². The summed E-state index contributed by atoms with van der Waals surface area (Å²) in [5.74, 6) is -0.779. The van der Waals surface area contributed by atoms with E-state index < -0.39 is 12.1 Å². The molecule has 0 saturated carbocycles. The summed E-state index contributed by atoms with van der Waals surface area (Å²) in [5, 5.41) is 0. The molecule has 0 aliphatic heterocycles. The Morgan fingerprint density at radius 1 is 1.16 bits per heavy atom. The first kappa shape index (κ1) is 15.4. The lowest BCUT2D eigenvalue weighted by molar-refractivity contribution is -0.166. The highest BCUT2D eigenvalue weighted by molar-refractivity contribution is 6.08. The van der Waals surface area contributed by atoms with E-state index in [1.807, 2.05) is 0 Å². The molecule has 0 amide bonds. The Kier molecular flexibility index (Phi) is 6.24. The zero-order chi connectivity index (χ0) is 14.3. The van der Waals surface area contributed by atoms with Crippen LogP contribution in [0.4, 0.5) is 0 Å². The maximum absolute atomic E-state index is 12.0. The van der Waals surface area contributed by atoms with E-state index in [4.69, 9.17) is 9.47 Å². The molecule has 0 fully saturated rings. The number of aromatic nitrogens is 2. The van der Waals surface area contributed by atoms with Crippen LogP contribution in [-0.2, 0) is 14.3 Å². The number of carbonyl (C=O) groups excluding carboxylic acids is 2. The number of carbonyl (C=O) groups is 2. The second kappa shape index (κ2) is 7.70. The number of aryl methyl sites for hydroxylation is 1. The number of Topliss-reactive ketones (excluding diaryl/α,β-unsaturated/α-hetero) is 2. The van der Waals surface area contributed by atoms with Gasteiger partial charge in [-0.15, -0.1) is 0 Å². The fraction of sp³-hybridized carbons (Fsp3) is 0.538. The quantitative estimate of drug-likeness (QED) is 0.401. The third-order valence-electron chi connectivity index (χ3n) is 2.38. The lowest BCUT2D eigenvalue weighted by atomic mass is 10.1. The Bertz CT molecular complexity index is 442. The maximum Gasteiger partial charge on any atom is 0.218 e. The van der Waals surface area contributed by atoms with Gasteiger partial charge in [0.25, 0.3) is 0 Å². The summed E-state index contributed by atoms with van der Waals surface area (Å²) >= 11 is 0. The van der Waals surface area contributed by atoms with E-state index in [0.717, 1.165) is 0 Å². The van der Waals surface area contributed by atoms with Crippen molar-refractivity contribution in [1.82, 2.24) is 9.97 Å². The molecule has 0 atom stereocenters. The minimum Gasteiger partial charge on any atom is -0.346 e. The van der Waals surface area contributed by atoms with Gasteiger partial charge in [0.2, 0.25) is 6.29 Å². The van der Waals surface area contributed by atoms with Crippen LogP contribution in [0.5, 0.6) is 0 Å². The summed E-state index contributed by atoms with van der Waals surface area (Å²) in [6.07, 6.45) is 1.63. The molecular formula is C13H18N2O4. The molecule has 1 aromatic rings. The predicted octanol–water partition coefficient (Wildman–Crippen LogP) is 1.33. The standard InChI is InChI=1S/C13H18N2O4/c1-4-18-13(19-5-2)11(17)8-10(16)12-9(3)14-6-7-15-12/h6-7,13H,4-5,8H2,1-3H3. The van der Waals surface area contributed by atoms with Crippen molar-refractivity contribution in [3.63, 3.8) is 0 Å². The number of hydrogen-bond donors (Lipinski definition) is 0. The SMILES string of the molecule is CCOC(OCC)C(=O)CC(=O)c1nccnc1C. The van der Waals surface area contributed by atoms with Gasteiger partial charge in [0.15, 0.2) is 11.6 Å². The number of rotatable bonds is 8. The number of nitrogens with zero attached hydrogens (tertiary/aromatic N) is 2. The minimum absolute atomic E-state index is 0.211. The molecule has 0 unspecified atom stereocenters. The van der Waals surface area contributed by atoms with Crippen LogP contribution in [0.15, 0.2) is 12.4 Å². The Hall–Kier alpha value is -1.66. The van der Waals surface area contributed by atoms with E-state index in [1.54, 1.807) is 20.8 Å². The molecule has 19 heavy (non-hydrogen) atoms. The minimum atomic E-state index is -0.990. The van der Waals surface area contributed by atoms with Crippen LogP contribution in [0.3, 0.4) is 0 Å². The van der Waals surface area contributed by atoms with Gasteiger partial charge in [-0.3, -0.25) is 14.6 Å². The third-order valence-corrected chi connectivity index (χ3v) is 2.38. The molecule has 0 aromatic carbocycles. The van der Waals surface area contributed by atoms with Gasteiger partial charge >= 0.3 is 0 Å². The van der Waals surface area contributed by atoms with E-state index in [-0.39, 0.29) is 17.9 Å². The highest BCUT2D eigenvalue weighted by Crippen LogP contribution is 2.07. The van der Waals surface area contributed by atoms with Crippen molar-refractivity contribution in [3.8, 4) is 0 Å². The second-order valence-corrected chi connectivity index (χ2v) is 3.80. The monoisotopic (exact) mass is 266 g/mol. The molecule has 104 valence electrons. The fourth-order valence-electron chi connectivity index (χ4n) is 1.54. The van der Waals surface area contributed by atoms with Crippen molar-refractivity contribution in [3.05, 3.63) is 23.8 Å². The summed E-state index contributed by atoms with van der Waals surface area (Å²) in [6.45, 7) is 5.87. The molecule has 0 saturated heterocycles. The Morgan fingerprint density at radius 2 is 1.74 bits per heavy atom. The highest BCUT2D eigenvalue weighted by Gasteiger charge is 2.23. The third kappa shape index (κ3) is 4.50. The molecule has 0 radical (unpaired) electrons. The van der Waals surface area contributed by atoms with Crippen LogP contribution < -0.4 is 0 Å². The van der Waals surface area contributed by atoms with E-state index in [2.05, 4.69) is 9.97 Å². The van der Waals surface area contributed by atoms with Gasteiger partial charge in [0.05, 0.1) is 12.1 Å². The summed E-state index contributed by atoms with van der Waals surface area (Å²) < 4.78 is 10.3. The smallest absolute Gasteiger partial charge is 0.218 e. The predicted molar refractivity (Wildman–Crippen MR) is 67.8 cm³/mol. The summed E-state index contributed by atoms with van der Waals surface area (Å²) in [4.78, 5) is 31.8. The number of ether oxygens (including phenoxy) is 2. The van der Waals surface area contributed by atoms with Crippen LogP contribution in [0.2, 0.25) is 0 Å². The van der Waals surface area contributed by atoms with E-state index in [9.17, 15) is 9.59 Å². The molecule has 0 aliphatic rings. The average Bonchev–Trinajstić information content (AvgIpc) is 2.38. The van der Waals surface area contributed by atoms with Crippen LogP contribution in [0.25, 0.3) is 0 Å². The van der Waals surface area contributed by atoms with Crippen LogP contribution >= 0.6 is 0 Å². The van der Waals surface area contributed by atoms with Crippen molar-refractivity contribution in [2.75, 3.05) is 13.2 Å². The van der Waals surface area contributed by atoms with E-state index >= 15 is 0 Å². The summed E-state index contributed by atoms with van der Waals surface area (Å²) in [6, 6.07) is 0. The van der Waals surface area contributed by atoms with Crippen molar-refractivity contribution >= 4 is 11.6 Å². The molecule has 1 aromatic heterocycles. The number of ketones is 2. The lowest BCUT2D eigenvalue weighted by Gasteiger charge is -2.15. The lowest BCUT2D eigenvalue weighted by Crippen LogP contribution is -2.29. The highest BCUT2D eigenvalue weighted by atomic mass is 16.7. The van der Waals surface area contributed by atoms with Gasteiger partial charge in [-0.05, 0) is 20.8 Å². The normalized spacial score (nSPS) is 10.7. The maximum atomic E-state index is 12.0. The Labute approximate surface area is 112 Å². The van der Waals surface area contributed by atoms with Gasteiger partial charge < -0.3 is 9.47 Å². The zero-order valence-corrected chi connectivity index (χ0v) is 11.4. The molecule has 0 bridgehead atoms. The zero-order valence-electron chi connectivity index (χ0n) is 11.4. The average molecular weight is 266 g/mol. The van der Waals surface area contributed by atoms with E-state index in [0.29, 0.717) is 18.9 Å². The van der Waals surface area contributed by atoms with Crippen molar-refractivity contribution in [1.29, 1.82) is 0 Å². The molecule has 6 heteroatoms. The van der Waals surface area contributed by atoms with Gasteiger partial charge in [0.1, 0.15) is 5.69 Å². The topological polar surface area (TPSA) is 78.4 Å². The molecule has 0 N–H and O–H groups in total. The molecule has 0 aliphatic carbocycles. The van der Waals surface area contributed by atoms with Gasteiger partial charge in [0, 0.05) is 25.6 Å². The second-order valence-electron chi connectivity index (χ2n) is 3.80. The molecule has 0 spiro atoms. The van der Waals surface area contributed by atoms with Gasteiger partial charge in [-0.25, -0.2) is 4.98 Å². The molecule has 6 nitrogen and oxygen atoms in total. The van der Waals surface area contributed by atoms with Crippen molar-refractivity contribution in [2.45, 2.75) is 33.5 Å². The Balaban J connectivity index is 2.70. The number of hydrogen-bond acceptors (Lipinski definition) is 6. The van der Waals surface area contributed by atoms with Crippen LogP contribution in [0, 0.1) is 6.92 Å². The first-order valence-electron chi connectivity index (χ1n) is 6.16. The van der Waals surface area contributed by atoms with Crippen LogP contribution in [-0.4, -0.2) is 41.0 Å². The largest absolute Gasteiger partial charge is 0.346 e. The molecular weight excluding hydrogens is 248 g/mol. The van der Waals surface area contributed by atoms with Crippen molar-refractivity contribution < 1.29 is 19.1 Å². The first-order chi connectivity index (χ1) is 9.10. The molecule has 1 heterocycles. The van der Waals surface area contributed by atoms with Gasteiger partial charge in [-0.2, -0.15) is 0 Å². The van der Waals surface area contributed by atoms with Gasteiger partial charge in [-0.1, -0.05) is 0 Å². The van der Waals surface area contributed by atoms with Crippen LogP contribution in [0.1, 0.15) is 36.5 Å². The summed E-state index contributed by atoms with van der Waals surface area (Å²) in [5.41, 5.74) is 0.715.